The standard InChI is InChI=1S/C44H51N3O4P2/c1-40(2,3)52(41(4,5)6)46-36-30-21-31-37(45-36)47-53-50-43(32-22-13-9-14-23-32,33-24-15-10-16-25-33)38-39(49-42(7,8)48-38)44(51-53,34-26-17-11-18-27-34)35-28-19-12-20-29-35/h9-31,38-39H,1-8H3,(H2,45,46,47)/t38-,39-/m1/s1. The van der Waals surface area contributed by atoms with Crippen molar-refractivity contribution in [1.29, 1.82) is 0 Å². The number of anilines is 2. The summed E-state index contributed by atoms with van der Waals surface area (Å²) in [6, 6.07) is 47.3. The fourth-order valence-electron chi connectivity index (χ4n) is 7.84. The number of nitrogens with zero attached hydrogens (tertiary/aromatic N) is 1. The molecule has 0 radical (unpaired) electrons. The van der Waals surface area contributed by atoms with Gasteiger partial charge < -0.3 is 19.6 Å². The number of nitrogens with one attached hydrogen (secondary N) is 2. The Morgan fingerprint density at radius 2 is 0.887 bits per heavy atom. The zero-order valence-electron chi connectivity index (χ0n) is 31.9. The molecule has 0 bridgehead atoms. The van der Waals surface area contributed by atoms with E-state index >= 15 is 0 Å². The largest absolute Gasteiger partial charge is 0.348 e. The molecule has 0 aliphatic carbocycles. The zero-order chi connectivity index (χ0) is 37.5. The van der Waals surface area contributed by atoms with E-state index in [-0.39, 0.29) is 10.3 Å². The minimum atomic E-state index is -1.97. The van der Waals surface area contributed by atoms with Crippen LogP contribution in [-0.2, 0) is 29.7 Å². The molecule has 4 aromatic carbocycles. The molecule has 276 valence electrons. The number of benzene rings is 4. The first kappa shape index (κ1) is 37.6. The van der Waals surface area contributed by atoms with Gasteiger partial charge in [0.2, 0.25) is 0 Å². The van der Waals surface area contributed by atoms with Crippen molar-refractivity contribution in [2.24, 2.45) is 0 Å². The summed E-state index contributed by atoms with van der Waals surface area (Å²) in [5, 5.41) is 7.61. The van der Waals surface area contributed by atoms with E-state index in [0.717, 1.165) is 28.1 Å². The quantitative estimate of drug-likeness (QED) is 0.153. The first-order chi connectivity index (χ1) is 25.2. The highest BCUT2D eigenvalue weighted by molar-refractivity contribution is 7.62. The predicted octanol–water partition coefficient (Wildman–Crippen LogP) is 11.6. The Morgan fingerprint density at radius 3 is 1.25 bits per heavy atom. The summed E-state index contributed by atoms with van der Waals surface area (Å²) in [5.41, 5.74) is 1.41. The zero-order valence-corrected chi connectivity index (χ0v) is 33.7. The van der Waals surface area contributed by atoms with Gasteiger partial charge in [-0.05, 0) is 48.2 Å². The summed E-state index contributed by atoms with van der Waals surface area (Å²) in [5.74, 6) is 0.480. The topological polar surface area (TPSA) is 73.9 Å². The Hall–Kier alpha value is -3.67. The summed E-state index contributed by atoms with van der Waals surface area (Å²) in [6.07, 6.45) is -1.31. The molecule has 7 rings (SSSR count). The van der Waals surface area contributed by atoms with Gasteiger partial charge in [-0.3, -0.25) is 9.05 Å². The number of hydrogen-bond donors (Lipinski definition) is 2. The molecule has 0 spiro atoms. The van der Waals surface area contributed by atoms with E-state index in [1.54, 1.807) is 0 Å². The summed E-state index contributed by atoms with van der Waals surface area (Å²) >= 11 is 0. The number of pyridine rings is 1. The van der Waals surface area contributed by atoms with Gasteiger partial charge in [0.15, 0.2) is 17.0 Å². The van der Waals surface area contributed by atoms with Crippen molar-refractivity contribution in [2.45, 2.75) is 94.9 Å². The summed E-state index contributed by atoms with van der Waals surface area (Å²) in [7, 11) is -2.63. The minimum Gasteiger partial charge on any atom is -0.348 e. The lowest BCUT2D eigenvalue weighted by Gasteiger charge is -2.41. The van der Waals surface area contributed by atoms with Crippen LogP contribution in [0.5, 0.6) is 0 Å². The van der Waals surface area contributed by atoms with Gasteiger partial charge in [-0.25, -0.2) is 4.98 Å². The van der Waals surface area contributed by atoms with Crippen LogP contribution in [0, 0.1) is 0 Å². The SMILES string of the molecule is CC1(C)O[C@@H]2[C@@H](O1)C(c1ccccc1)(c1ccccc1)OP(Nc1cccc(NP(C(C)(C)C)C(C)(C)C)n1)OC2(c1ccccc1)c1ccccc1. The normalized spacial score (nSPS) is 21.1. The van der Waals surface area contributed by atoms with Gasteiger partial charge in [0.1, 0.15) is 23.8 Å². The molecular formula is C44H51N3O4P2. The van der Waals surface area contributed by atoms with Gasteiger partial charge >= 0.3 is 0 Å². The lowest BCUT2D eigenvalue weighted by molar-refractivity contribution is -0.174. The third-order valence-electron chi connectivity index (χ3n) is 9.69. The Morgan fingerprint density at radius 1 is 0.528 bits per heavy atom. The predicted molar refractivity (Wildman–Crippen MR) is 218 cm³/mol. The molecule has 2 fully saturated rings. The molecule has 0 unspecified atom stereocenters. The highest BCUT2D eigenvalue weighted by atomic mass is 31.2. The second-order valence-electron chi connectivity index (χ2n) is 16.2. The summed E-state index contributed by atoms with van der Waals surface area (Å²) in [4.78, 5) is 5.13. The molecule has 2 N–H and O–H groups in total. The number of rotatable bonds is 8. The van der Waals surface area contributed by atoms with Crippen LogP contribution in [0.25, 0.3) is 0 Å². The van der Waals surface area contributed by atoms with Crippen LogP contribution in [0.3, 0.4) is 0 Å². The number of fused-ring (bicyclic) bond motifs is 1. The first-order valence-corrected chi connectivity index (χ1v) is 20.8. The Balaban J connectivity index is 1.45. The molecule has 5 aromatic rings. The molecule has 2 atom stereocenters. The maximum absolute atomic E-state index is 7.58. The van der Waals surface area contributed by atoms with E-state index in [9.17, 15) is 0 Å². The van der Waals surface area contributed by atoms with E-state index < -0.39 is 45.8 Å². The molecular weight excluding hydrogens is 696 g/mol. The second-order valence-corrected chi connectivity index (χ2v) is 20.8. The van der Waals surface area contributed by atoms with Gasteiger partial charge in [-0.2, -0.15) is 0 Å². The number of aromatic nitrogens is 1. The third kappa shape index (κ3) is 7.41. The molecule has 3 heterocycles. The molecule has 9 heteroatoms. The summed E-state index contributed by atoms with van der Waals surface area (Å²) in [6.45, 7) is 17.7. The monoisotopic (exact) mass is 747 g/mol. The molecule has 53 heavy (non-hydrogen) atoms. The maximum Gasteiger partial charge on any atom is 0.291 e. The molecule has 1 aromatic heterocycles. The molecule has 2 aliphatic heterocycles. The van der Waals surface area contributed by atoms with E-state index in [0.29, 0.717) is 5.82 Å². The lowest BCUT2D eigenvalue weighted by atomic mass is 9.72. The molecule has 7 nitrogen and oxygen atoms in total. The van der Waals surface area contributed by atoms with Crippen molar-refractivity contribution < 1.29 is 18.5 Å². The smallest absolute Gasteiger partial charge is 0.291 e. The second kappa shape index (κ2) is 14.5. The van der Waals surface area contributed by atoms with Crippen LogP contribution < -0.4 is 10.2 Å². The highest BCUT2D eigenvalue weighted by Crippen LogP contribution is 2.64. The molecule has 0 saturated carbocycles. The Kier molecular flexibility index (Phi) is 10.3. The van der Waals surface area contributed by atoms with Crippen LogP contribution in [0.15, 0.2) is 140 Å². The fraction of sp³-hybridized carbons (Fsp3) is 0.341. The van der Waals surface area contributed by atoms with Crippen LogP contribution in [0.1, 0.15) is 77.6 Å². The fourth-order valence-corrected chi connectivity index (χ4v) is 12.5. The van der Waals surface area contributed by atoms with Crippen molar-refractivity contribution in [1.82, 2.24) is 4.98 Å². The number of hydrogen-bond acceptors (Lipinski definition) is 7. The molecule has 0 amide bonds. The highest BCUT2D eigenvalue weighted by Gasteiger charge is 2.67. The number of ether oxygens (including phenoxy) is 2. The van der Waals surface area contributed by atoms with E-state index in [4.69, 9.17) is 23.5 Å². The van der Waals surface area contributed by atoms with Crippen molar-refractivity contribution in [3.8, 4) is 0 Å². The van der Waals surface area contributed by atoms with E-state index in [2.05, 4.69) is 100 Å². The van der Waals surface area contributed by atoms with Crippen LogP contribution >= 0.6 is 16.6 Å². The van der Waals surface area contributed by atoms with Crippen LogP contribution in [0.4, 0.5) is 11.6 Å². The van der Waals surface area contributed by atoms with Gasteiger partial charge in [0, 0.05) is 18.4 Å². The molecule has 2 aliphatic rings. The lowest BCUT2D eigenvalue weighted by Crippen LogP contribution is -2.53. The minimum absolute atomic E-state index is 0.0534. The van der Waals surface area contributed by atoms with Crippen LogP contribution in [-0.4, -0.2) is 33.3 Å². The van der Waals surface area contributed by atoms with Crippen molar-refractivity contribution >= 4 is 28.2 Å². The Bertz CT molecular complexity index is 1770. The molecule has 2 saturated heterocycles. The van der Waals surface area contributed by atoms with Crippen LogP contribution in [0.2, 0.25) is 0 Å². The van der Waals surface area contributed by atoms with Crippen molar-refractivity contribution in [3.05, 3.63) is 162 Å². The first-order valence-electron chi connectivity index (χ1n) is 18.3. The van der Waals surface area contributed by atoms with Gasteiger partial charge in [-0.15, -0.1) is 0 Å². The maximum atomic E-state index is 7.58. The van der Waals surface area contributed by atoms with E-state index in [1.165, 1.54) is 0 Å². The van der Waals surface area contributed by atoms with Gasteiger partial charge in [0.25, 0.3) is 8.53 Å². The average Bonchev–Trinajstić information content (AvgIpc) is 3.42. The average molecular weight is 748 g/mol. The van der Waals surface area contributed by atoms with Gasteiger partial charge in [0.05, 0.1) is 0 Å². The van der Waals surface area contributed by atoms with Crippen molar-refractivity contribution in [2.75, 3.05) is 10.2 Å². The summed E-state index contributed by atoms with van der Waals surface area (Å²) < 4.78 is 29.4. The Labute approximate surface area is 317 Å². The van der Waals surface area contributed by atoms with Crippen molar-refractivity contribution in [3.63, 3.8) is 0 Å². The van der Waals surface area contributed by atoms with Gasteiger partial charge in [-0.1, -0.05) is 169 Å². The van der Waals surface area contributed by atoms with E-state index in [1.807, 2.05) is 105 Å². The third-order valence-corrected chi connectivity index (χ3v) is 14.1.